The highest BCUT2D eigenvalue weighted by atomic mass is 35.5. The average molecular weight is 327 g/mol. The number of benzene rings is 2. The van der Waals surface area contributed by atoms with E-state index in [1.165, 1.54) is 12.1 Å². The van der Waals surface area contributed by atoms with E-state index in [0.717, 1.165) is 0 Å². The van der Waals surface area contributed by atoms with Crippen molar-refractivity contribution in [3.63, 3.8) is 0 Å². The second-order valence-electron chi connectivity index (χ2n) is 4.85. The van der Waals surface area contributed by atoms with E-state index in [2.05, 4.69) is 9.97 Å². The SMILES string of the molecule is O=C(O)c1ccc(C=C(Cl)c2nc3ccccc3c(=O)[nH]2)cc1. The standard InChI is InChI=1S/C17H11ClN2O3/c18-13(9-10-5-7-11(8-6-10)17(22)23)15-19-14-4-2-1-3-12(14)16(21)20-15/h1-9H,(H,22,23)(H,19,20,21). The Morgan fingerprint density at radius 2 is 1.83 bits per heavy atom. The molecule has 3 aromatic rings. The molecule has 6 heteroatoms. The molecule has 0 spiro atoms. The minimum Gasteiger partial charge on any atom is -0.478 e. The summed E-state index contributed by atoms with van der Waals surface area (Å²) in [6, 6.07) is 13.2. The number of aromatic carboxylic acids is 1. The number of carboxylic acid groups (broad SMARTS) is 1. The van der Waals surface area contributed by atoms with Crippen LogP contribution < -0.4 is 5.56 Å². The summed E-state index contributed by atoms with van der Waals surface area (Å²) in [7, 11) is 0. The third-order valence-electron chi connectivity index (χ3n) is 3.29. The monoisotopic (exact) mass is 326 g/mol. The lowest BCUT2D eigenvalue weighted by molar-refractivity contribution is 0.0697. The molecule has 23 heavy (non-hydrogen) atoms. The Labute approximate surface area is 135 Å². The van der Waals surface area contributed by atoms with Crippen LogP contribution in [-0.2, 0) is 0 Å². The number of aromatic nitrogens is 2. The first-order chi connectivity index (χ1) is 11.0. The van der Waals surface area contributed by atoms with Crippen molar-refractivity contribution in [2.24, 2.45) is 0 Å². The van der Waals surface area contributed by atoms with Gasteiger partial charge in [-0.3, -0.25) is 4.79 Å². The van der Waals surface area contributed by atoms with Gasteiger partial charge in [0.2, 0.25) is 0 Å². The second-order valence-corrected chi connectivity index (χ2v) is 5.26. The molecule has 0 atom stereocenters. The molecule has 114 valence electrons. The summed E-state index contributed by atoms with van der Waals surface area (Å²) < 4.78 is 0. The highest BCUT2D eigenvalue weighted by Crippen LogP contribution is 2.20. The van der Waals surface area contributed by atoms with Crippen LogP contribution in [0.5, 0.6) is 0 Å². The van der Waals surface area contributed by atoms with Crippen LogP contribution in [0.25, 0.3) is 22.0 Å². The zero-order chi connectivity index (χ0) is 16.4. The Balaban J connectivity index is 2.00. The highest BCUT2D eigenvalue weighted by molar-refractivity contribution is 6.50. The van der Waals surface area contributed by atoms with Gasteiger partial charge in [0, 0.05) is 0 Å². The van der Waals surface area contributed by atoms with Crippen LogP contribution in [0.15, 0.2) is 53.3 Å². The molecule has 1 aromatic heterocycles. The summed E-state index contributed by atoms with van der Waals surface area (Å²) in [6.45, 7) is 0. The molecule has 1 heterocycles. The fourth-order valence-electron chi connectivity index (χ4n) is 2.14. The number of hydrogen-bond donors (Lipinski definition) is 2. The second kappa shape index (κ2) is 6.06. The fourth-order valence-corrected chi connectivity index (χ4v) is 2.35. The van der Waals surface area contributed by atoms with Crippen LogP contribution in [0, 0.1) is 0 Å². The number of halogens is 1. The number of fused-ring (bicyclic) bond motifs is 1. The molecule has 0 bridgehead atoms. The minimum absolute atomic E-state index is 0.190. The molecule has 3 rings (SSSR count). The molecule has 5 nitrogen and oxygen atoms in total. The maximum absolute atomic E-state index is 12.0. The van der Waals surface area contributed by atoms with Crippen LogP contribution in [0.4, 0.5) is 0 Å². The number of para-hydroxylation sites is 1. The van der Waals surface area contributed by atoms with Crippen molar-refractivity contribution >= 4 is 39.6 Å². The first-order valence-corrected chi connectivity index (χ1v) is 7.12. The molecule has 2 N–H and O–H groups in total. The van der Waals surface area contributed by atoms with Crippen molar-refractivity contribution < 1.29 is 9.90 Å². The third-order valence-corrected chi connectivity index (χ3v) is 3.58. The fraction of sp³-hybridized carbons (Fsp3) is 0. The minimum atomic E-state index is -0.993. The molecule has 0 radical (unpaired) electrons. The number of carbonyl (C=O) groups is 1. The summed E-state index contributed by atoms with van der Waals surface area (Å²) >= 11 is 6.23. The molecule has 0 amide bonds. The lowest BCUT2D eigenvalue weighted by Crippen LogP contribution is -2.10. The van der Waals surface area contributed by atoms with Crippen LogP contribution >= 0.6 is 11.6 Å². The van der Waals surface area contributed by atoms with E-state index in [9.17, 15) is 9.59 Å². The summed E-state index contributed by atoms with van der Waals surface area (Å²) in [6.07, 6.45) is 1.61. The van der Waals surface area contributed by atoms with E-state index in [1.807, 2.05) is 0 Å². The van der Waals surface area contributed by atoms with Crippen molar-refractivity contribution in [1.29, 1.82) is 0 Å². The molecule has 0 fully saturated rings. The van der Waals surface area contributed by atoms with E-state index in [4.69, 9.17) is 16.7 Å². The quantitative estimate of drug-likeness (QED) is 0.773. The zero-order valence-electron chi connectivity index (χ0n) is 11.8. The van der Waals surface area contributed by atoms with Gasteiger partial charge in [0.05, 0.1) is 21.5 Å². The lowest BCUT2D eigenvalue weighted by atomic mass is 10.1. The molecule has 0 unspecified atom stereocenters. The summed E-state index contributed by atoms with van der Waals surface area (Å²) in [5.41, 5.74) is 1.18. The van der Waals surface area contributed by atoms with Crippen molar-refractivity contribution in [3.8, 4) is 0 Å². The predicted molar refractivity (Wildman–Crippen MR) is 89.5 cm³/mol. The van der Waals surface area contributed by atoms with E-state index >= 15 is 0 Å². The smallest absolute Gasteiger partial charge is 0.335 e. The van der Waals surface area contributed by atoms with E-state index in [1.54, 1.807) is 42.5 Å². The van der Waals surface area contributed by atoms with Gasteiger partial charge in [-0.15, -0.1) is 0 Å². The van der Waals surface area contributed by atoms with Gasteiger partial charge < -0.3 is 10.1 Å². The number of rotatable bonds is 3. The van der Waals surface area contributed by atoms with Gasteiger partial charge in [0.25, 0.3) is 5.56 Å². The number of H-pyrrole nitrogens is 1. The first kappa shape index (κ1) is 15.0. The first-order valence-electron chi connectivity index (χ1n) is 6.74. The Morgan fingerprint density at radius 3 is 2.52 bits per heavy atom. The molecule has 0 saturated carbocycles. The molecular weight excluding hydrogens is 316 g/mol. The summed E-state index contributed by atoms with van der Waals surface area (Å²) in [4.78, 5) is 29.8. The maximum atomic E-state index is 12.0. The third kappa shape index (κ3) is 3.14. The molecule has 2 aromatic carbocycles. The van der Waals surface area contributed by atoms with Gasteiger partial charge >= 0.3 is 5.97 Å². The van der Waals surface area contributed by atoms with Gasteiger partial charge in [0.15, 0.2) is 5.82 Å². The van der Waals surface area contributed by atoms with Crippen LogP contribution in [0.2, 0.25) is 0 Å². The molecule has 0 saturated heterocycles. The Morgan fingerprint density at radius 1 is 1.13 bits per heavy atom. The summed E-state index contributed by atoms with van der Waals surface area (Å²) in [5.74, 6) is -0.732. The Hall–Kier alpha value is -2.92. The Kier molecular flexibility index (Phi) is 3.95. The number of nitrogens with one attached hydrogen (secondary N) is 1. The van der Waals surface area contributed by atoms with Crippen LogP contribution in [0.3, 0.4) is 0 Å². The number of carboxylic acids is 1. The van der Waals surface area contributed by atoms with Crippen molar-refractivity contribution in [3.05, 3.63) is 75.8 Å². The number of hydrogen-bond acceptors (Lipinski definition) is 3. The maximum Gasteiger partial charge on any atom is 0.335 e. The van der Waals surface area contributed by atoms with Crippen molar-refractivity contribution in [1.82, 2.24) is 9.97 Å². The molecule has 0 aliphatic rings. The van der Waals surface area contributed by atoms with E-state index in [0.29, 0.717) is 16.5 Å². The van der Waals surface area contributed by atoms with Gasteiger partial charge in [-0.1, -0.05) is 35.9 Å². The summed E-state index contributed by atoms with van der Waals surface area (Å²) in [5, 5.41) is 9.63. The lowest BCUT2D eigenvalue weighted by Gasteiger charge is -2.02. The van der Waals surface area contributed by atoms with E-state index < -0.39 is 5.97 Å². The van der Waals surface area contributed by atoms with Gasteiger partial charge in [0.1, 0.15) is 0 Å². The number of aromatic amines is 1. The Bertz CT molecular complexity index is 975. The van der Waals surface area contributed by atoms with Crippen LogP contribution in [0.1, 0.15) is 21.7 Å². The molecule has 0 aliphatic heterocycles. The normalized spacial score (nSPS) is 11.6. The molecular formula is C17H11ClN2O3. The zero-order valence-corrected chi connectivity index (χ0v) is 12.5. The van der Waals surface area contributed by atoms with Gasteiger partial charge in [-0.25, -0.2) is 9.78 Å². The topological polar surface area (TPSA) is 83.0 Å². The van der Waals surface area contributed by atoms with Crippen LogP contribution in [-0.4, -0.2) is 21.0 Å². The van der Waals surface area contributed by atoms with Gasteiger partial charge in [-0.2, -0.15) is 0 Å². The van der Waals surface area contributed by atoms with Crippen molar-refractivity contribution in [2.75, 3.05) is 0 Å². The van der Waals surface area contributed by atoms with Gasteiger partial charge in [-0.05, 0) is 35.9 Å². The number of nitrogens with zero attached hydrogens (tertiary/aromatic N) is 1. The highest BCUT2D eigenvalue weighted by Gasteiger charge is 2.07. The average Bonchev–Trinajstić information content (AvgIpc) is 2.55. The predicted octanol–water partition coefficient (Wildman–Crippen LogP) is 3.36. The largest absolute Gasteiger partial charge is 0.478 e. The molecule has 0 aliphatic carbocycles. The van der Waals surface area contributed by atoms with E-state index in [-0.39, 0.29) is 22.0 Å². The van der Waals surface area contributed by atoms with Crippen molar-refractivity contribution in [2.45, 2.75) is 0 Å².